The average Bonchev–Trinajstić information content (AvgIpc) is 2.73. The highest BCUT2D eigenvalue weighted by Gasteiger charge is 2.02. The average molecular weight is 230 g/mol. The number of hydrogen-bond donors (Lipinski definition) is 1. The van der Waals surface area contributed by atoms with Crippen LogP contribution >= 0.6 is 0 Å². The lowest BCUT2D eigenvalue weighted by Crippen LogP contribution is -1.98. The monoisotopic (exact) mass is 230 g/mol. The normalized spacial score (nSPS) is 10.9. The third-order valence-corrected chi connectivity index (χ3v) is 2.18. The Morgan fingerprint density at radius 1 is 1.35 bits per heavy atom. The Hall–Kier alpha value is -2.50. The fraction of sp³-hybridized carbons (Fsp3) is 0.0909. The molecule has 6 heteroatoms. The van der Waals surface area contributed by atoms with E-state index in [0.717, 1.165) is 17.3 Å². The summed E-state index contributed by atoms with van der Waals surface area (Å²) in [7, 11) is 0. The van der Waals surface area contributed by atoms with Crippen molar-refractivity contribution in [2.45, 2.75) is 6.92 Å². The van der Waals surface area contributed by atoms with E-state index >= 15 is 0 Å². The van der Waals surface area contributed by atoms with Gasteiger partial charge in [-0.2, -0.15) is 4.68 Å². The summed E-state index contributed by atoms with van der Waals surface area (Å²) in [5.74, 6) is -0.274. The fourth-order valence-corrected chi connectivity index (χ4v) is 1.36. The second-order valence-corrected chi connectivity index (χ2v) is 3.40. The maximum absolute atomic E-state index is 10.4. The minimum absolute atomic E-state index is 0.693. The van der Waals surface area contributed by atoms with Gasteiger partial charge in [-0.3, -0.25) is 0 Å². The van der Waals surface area contributed by atoms with Gasteiger partial charge in [0.15, 0.2) is 5.82 Å². The highest BCUT2D eigenvalue weighted by molar-refractivity contribution is 5.85. The number of aryl methyl sites for hydroxylation is 1. The second kappa shape index (κ2) is 4.56. The molecule has 0 amide bonds. The summed E-state index contributed by atoms with van der Waals surface area (Å²) < 4.78 is 1.60. The first-order valence-electron chi connectivity index (χ1n) is 4.93. The smallest absolute Gasteiger partial charge is 0.328 e. The van der Waals surface area contributed by atoms with Crippen LogP contribution in [-0.4, -0.2) is 31.3 Å². The number of benzene rings is 1. The molecule has 2 aromatic rings. The van der Waals surface area contributed by atoms with E-state index in [1.807, 2.05) is 12.1 Å². The van der Waals surface area contributed by atoms with Gasteiger partial charge in [-0.25, -0.2) is 4.79 Å². The number of carbonyl (C=O) groups is 1. The van der Waals surface area contributed by atoms with Crippen LogP contribution < -0.4 is 0 Å². The number of aromatic nitrogens is 4. The molecule has 0 spiro atoms. The molecule has 1 aromatic carbocycles. The third-order valence-electron chi connectivity index (χ3n) is 2.18. The van der Waals surface area contributed by atoms with Crippen LogP contribution in [0.3, 0.4) is 0 Å². The van der Waals surface area contributed by atoms with Gasteiger partial charge >= 0.3 is 5.97 Å². The number of tetrazole rings is 1. The molecular weight excluding hydrogens is 220 g/mol. The highest BCUT2D eigenvalue weighted by atomic mass is 16.4. The summed E-state index contributed by atoms with van der Waals surface area (Å²) in [4.78, 5) is 10.4. The van der Waals surface area contributed by atoms with Gasteiger partial charge in [0.2, 0.25) is 0 Å². The summed E-state index contributed by atoms with van der Waals surface area (Å²) in [5, 5.41) is 19.7. The van der Waals surface area contributed by atoms with Crippen molar-refractivity contribution in [3.05, 3.63) is 41.7 Å². The predicted octanol–water partition coefficient (Wildman–Crippen LogP) is 1.07. The molecule has 0 radical (unpaired) electrons. The molecule has 0 unspecified atom stereocenters. The summed E-state index contributed by atoms with van der Waals surface area (Å²) in [6.07, 6.45) is 2.62. The molecule has 0 saturated carbocycles. The number of hydrogen-bond acceptors (Lipinski definition) is 4. The second-order valence-electron chi connectivity index (χ2n) is 3.40. The maximum atomic E-state index is 10.4. The minimum Gasteiger partial charge on any atom is -0.478 e. The molecule has 1 aromatic heterocycles. The lowest BCUT2D eigenvalue weighted by molar-refractivity contribution is -0.131. The Labute approximate surface area is 97.2 Å². The fourth-order valence-electron chi connectivity index (χ4n) is 1.36. The van der Waals surface area contributed by atoms with Crippen molar-refractivity contribution in [2.75, 3.05) is 0 Å². The minimum atomic E-state index is -0.967. The van der Waals surface area contributed by atoms with Crippen molar-refractivity contribution >= 4 is 12.0 Å². The number of nitrogens with zero attached hydrogens (tertiary/aromatic N) is 4. The zero-order valence-electron chi connectivity index (χ0n) is 9.11. The van der Waals surface area contributed by atoms with Crippen LogP contribution in [0.25, 0.3) is 11.8 Å². The molecule has 1 heterocycles. The molecule has 2 rings (SSSR count). The van der Waals surface area contributed by atoms with Crippen LogP contribution in [0.1, 0.15) is 11.4 Å². The molecule has 17 heavy (non-hydrogen) atoms. The van der Waals surface area contributed by atoms with Crippen LogP contribution in [0.5, 0.6) is 0 Å². The van der Waals surface area contributed by atoms with E-state index in [4.69, 9.17) is 5.11 Å². The molecule has 0 fully saturated rings. The van der Waals surface area contributed by atoms with Gasteiger partial charge in [0.05, 0.1) is 5.69 Å². The number of carboxylic acid groups (broad SMARTS) is 1. The lowest BCUT2D eigenvalue weighted by Gasteiger charge is -2.01. The molecule has 0 aliphatic heterocycles. The van der Waals surface area contributed by atoms with Crippen LogP contribution in [0.4, 0.5) is 0 Å². The first-order chi connectivity index (χ1) is 8.16. The zero-order valence-corrected chi connectivity index (χ0v) is 9.11. The Bertz CT molecular complexity index is 557. The van der Waals surface area contributed by atoms with Crippen molar-refractivity contribution in [2.24, 2.45) is 0 Å². The van der Waals surface area contributed by atoms with E-state index in [-0.39, 0.29) is 0 Å². The Morgan fingerprint density at radius 2 is 2.06 bits per heavy atom. The first kappa shape index (κ1) is 11.0. The van der Waals surface area contributed by atoms with E-state index in [2.05, 4.69) is 15.5 Å². The molecule has 0 aliphatic rings. The van der Waals surface area contributed by atoms with Gasteiger partial charge in [-0.05, 0) is 41.1 Å². The predicted molar refractivity (Wildman–Crippen MR) is 60.6 cm³/mol. The van der Waals surface area contributed by atoms with Gasteiger partial charge in [-0.15, -0.1) is 5.10 Å². The Morgan fingerprint density at radius 3 is 2.59 bits per heavy atom. The molecule has 0 bridgehead atoms. The Kier molecular flexibility index (Phi) is 2.95. The van der Waals surface area contributed by atoms with E-state index < -0.39 is 5.97 Å². The van der Waals surface area contributed by atoms with E-state index in [1.165, 1.54) is 6.08 Å². The third kappa shape index (κ3) is 2.54. The molecule has 6 nitrogen and oxygen atoms in total. The van der Waals surface area contributed by atoms with Gasteiger partial charge in [-0.1, -0.05) is 12.1 Å². The highest BCUT2D eigenvalue weighted by Crippen LogP contribution is 2.10. The number of carboxylic acids is 1. The Balaban J connectivity index is 2.25. The molecule has 0 atom stereocenters. The number of rotatable bonds is 3. The molecule has 0 saturated heterocycles. The van der Waals surface area contributed by atoms with Crippen molar-refractivity contribution < 1.29 is 9.90 Å². The zero-order chi connectivity index (χ0) is 12.3. The van der Waals surface area contributed by atoms with Crippen molar-refractivity contribution in [3.63, 3.8) is 0 Å². The van der Waals surface area contributed by atoms with E-state index in [1.54, 1.807) is 23.7 Å². The van der Waals surface area contributed by atoms with Crippen LogP contribution in [-0.2, 0) is 4.79 Å². The largest absolute Gasteiger partial charge is 0.478 e. The van der Waals surface area contributed by atoms with Crippen LogP contribution in [0, 0.1) is 6.92 Å². The van der Waals surface area contributed by atoms with Gasteiger partial charge in [0.25, 0.3) is 0 Å². The van der Waals surface area contributed by atoms with Crippen molar-refractivity contribution in [1.29, 1.82) is 0 Å². The molecular formula is C11H10N4O2. The molecule has 0 aliphatic carbocycles. The van der Waals surface area contributed by atoms with E-state index in [0.29, 0.717) is 5.82 Å². The van der Waals surface area contributed by atoms with E-state index in [9.17, 15) is 4.79 Å². The number of aliphatic carboxylic acids is 1. The lowest BCUT2D eigenvalue weighted by atomic mass is 10.2. The molecule has 1 N–H and O–H groups in total. The first-order valence-corrected chi connectivity index (χ1v) is 4.93. The standard InChI is InChI=1S/C11H10N4O2/c1-8-12-13-14-15(8)10-5-2-9(3-6-10)4-7-11(16)17/h2-7H,1H3,(H,16,17)/b7-4+. The summed E-state index contributed by atoms with van der Waals surface area (Å²) in [5.41, 5.74) is 1.64. The topological polar surface area (TPSA) is 80.9 Å². The van der Waals surface area contributed by atoms with Crippen LogP contribution in [0.15, 0.2) is 30.3 Å². The summed E-state index contributed by atoms with van der Waals surface area (Å²) in [6.45, 7) is 1.80. The summed E-state index contributed by atoms with van der Waals surface area (Å²) in [6, 6.07) is 7.25. The van der Waals surface area contributed by atoms with Crippen molar-refractivity contribution in [3.8, 4) is 5.69 Å². The van der Waals surface area contributed by atoms with Gasteiger partial charge in [0, 0.05) is 6.08 Å². The van der Waals surface area contributed by atoms with Crippen LogP contribution in [0.2, 0.25) is 0 Å². The molecule has 86 valence electrons. The van der Waals surface area contributed by atoms with Gasteiger partial charge < -0.3 is 5.11 Å². The summed E-state index contributed by atoms with van der Waals surface area (Å²) >= 11 is 0. The van der Waals surface area contributed by atoms with Gasteiger partial charge in [0.1, 0.15) is 0 Å². The van der Waals surface area contributed by atoms with Crippen molar-refractivity contribution in [1.82, 2.24) is 20.2 Å². The quantitative estimate of drug-likeness (QED) is 0.797. The maximum Gasteiger partial charge on any atom is 0.328 e. The SMILES string of the molecule is Cc1nnnn1-c1ccc(/C=C/C(=O)O)cc1.